The molecular formula is C17H14F3N3O. The summed E-state index contributed by atoms with van der Waals surface area (Å²) in [5.41, 5.74) is 0.0385. The minimum Gasteiger partial charge on any atom is -0.463 e. The van der Waals surface area contributed by atoms with E-state index in [2.05, 4.69) is 9.97 Å². The molecule has 24 heavy (non-hydrogen) atoms. The molecule has 3 rings (SSSR count). The minimum atomic E-state index is -4.56. The summed E-state index contributed by atoms with van der Waals surface area (Å²) < 4.78 is 44.6. The molecule has 3 aromatic rings. The van der Waals surface area contributed by atoms with E-state index in [1.807, 2.05) is 30.3 Å². The number of aromatic nitrogens is 2. The van der Waals surface area contributed by atoms with Gasteiger partial charge in [0, 0.05) is 13.6 Å². The van der Waals surface area contributed by atoms with Crippen LogP contribution in [-0.2, 0) is 12.7 Å². The predicted molar refractivity (Wildman–Crippen MR) is 83.3 cm³/mol. The van der Waals surface area contributed by atoms with Crippen LogP contribution in [0.1, 0.15) is 11.3 Å². The molecule has 2 heterocycles. The van der Waals surface area contributed by atoms with Crippen molar-refractivity contribution in [1.29, 1.82) is 0 Å². The SMILES string of the molecule is CN(Cc1ccccc1)c1nc(-c2ccco2)cc(C(F)(F)F)n1. The first-order chi connectivity index (χ1) is 11.4. The average Bonchev–Trinajstić information content (AvgIpc) is 3.09. The molecule has 124 valence electrons. The fourth-order valence-electron chi connectivity index (χ4n) is 2.23. The Bertz CT molecular complexity index is 802. The van der Waals surface area contributed by atoms with Crippen molar-refractivity contribution in [3.8, 4) is 11.5 Å². The lowest BCUT2D eigenvalue weighted by Gasteiger charge is -2.19. The number of hydrogen-bond acceptors (Lipinski definition) is 4. The van der Waals surface area contributed by atoms with Crippen molar-refractivity contribution in [3.05, 3.63) is 66.1 Å². The largest absolute Gasteiger partial charge is 0.463 e. The molecule has 0 aliphatic heterocycles. The van der Waals surface area contributed by atoms with Crippen molar-refractivity contribution in [2.75, 3.05) is 11.9 Å². The number of hydrogen-bond donors (Lipinski definition) is 0. The lowest BCUT2D eigenvalue weighted by Crippen LogP contribution is -2.21. The Morgan fingerprint density at radius 2 is 1.79 bits per heavy atom. The van der Waals surface area contributed by atoms with Gasteiger partial charge in [-0.15, -0.1) is 0 Å². The van der Waals surface area contributed by atoms with Crippen LogP contribution in [0.25, 0.3) is 11.5 Å². The highest BCUT2D eigenvalue weighted by molar-refractivity contribution is 5.55. The molecule has 0 radical (unpaired) electrons. The maximum absolute atomic E-state index is 13.1. The van der Waals surface area contributed by atoms with E-state index in [1.54, 1.807) is 24.1 Å². The summed E-state index contributed by atoms with van der Waals surface area (Å²) in [5, 5.41) is 0. The van der Waals surface area contributed by atoms with Crippen LogP contribution in [0.3, 0.4) is 0 Å². The zero-order chi connectivity index (χ0) is 17.2. The van der Waals surface area contributed by atoms with Gasteiger partial charge in [-0.3, -0.25) is 0 Å². The first-order valence-corrected chi connectivity index (χ1v) is 7.19. The molecule has 0 saturated heterocycles. The predicted octanol–water partition coefficient (Wildman–Crippen LogP) is 4.39. The number of halogens is 3. The summed E-state index contributed by atoms with van der Waals surface area (Å²) in [6, 6.07) is 13.4. The van der Waals surface area contributed by atoms with Gasteiger partial charge in [0.25, 0.3) is 0 Å². The van der Waals surface area contributed by atoms with Crippen LogP contribution in [0.2, 0.25) is 0 Å². The Kier molecular flexibility index (Phi) is 4.24. The van der Waals surface area contributed by atoms with Crippen LogP contribution in [0.4, 0.5) is 19.1 Å². The number of nitrogens with zero attached hydrogens (tertiary/aromatic N) is 3. The van der Waals surface area contributed by atoms with E-state index in [4.69, 9.17) is 4.42 Å². The van der Waals surface area contributed by atoms with Gasteiger partial charge in [-0.05, 0) is 23.8 Å². The third-order valence-corrected chi connectivity index (χ3v) is 3.38. The van der Waals surface area contributed by atoms with Gasteiger partial charge in [-0.1, -0.05) is 30.3 Å². The van der Waals surface area contributed by atoms with Crippen LogP contribution < -0.4 is 4.90 Å². The topological polar surface area (TPSA) is 42.2 Å². The molecule has 0 saturated carbocycles. The molecule has 0 aliphatic carbocycles. The second kappa shape index (κ2) is 6.35. The molecule has 7 heteroatoms. The minimum absolute atomic E-state index is 0.0138. The zero-order valence-electron chi connectivity index (χ0n) is 12.8. The third-order valence-electron chi connectivity index (χ3n) is 3.38. The third kappa shape index (κ3) is 3.56. The van der Waals surface area contributed by atoms with Crippen LogP contribution in [0, 0.1) is 0 Å². The van der Waals surface area contributed by atoms with E-state index >= 15 is 0 Å². The fraction of sp³-hybridized carbons (Fsp3) is 0.176. The smallest absolute Gasteiger partial charge is 0.433 e. The van der Waals surface area contributed by atoms with E-state index in [0.29, 0.717) is 6.54 Å². The summed E-state index contributed by atoms with van der Waals surface area (Å²) in [6.07, 6.45) is -3.18. The normalized spacial score (nSPS) is 11.5. The summed E-state index contributed by atoms with van der Waals surface area (Å²) in [7, 11) is 1.65. The molecule has 0 aliphatic rings. The van der Waals surface area contributed by atoms with E-state index in [9.17, 15) is 13.2 Å². The Balaban J connectivity index is 1.98. The fourth-order valence-corrected chi connectivity index (χ4v) is 2.23. The van der Waals surface area contributed by atoms with Crippen molar-refractivity contribution in [1.82, 2.24) is 9.97 Å². The van der Waals surface area contributed by atoms with Gasteiger partial charge in [0.15, 0.2) is 11.5 Å². The molecule has 0 amide bonds. The standard InChI is InChI=1S/C17H14F3N3O/c1-23(11-12-6-3-2-4-7-12)16-21-13(14-8-5-9-24-14)10-15(22-16)17(18,19)20/h2-10H,11H2,1H3. The highest BCUT2D eigenvalue weighted by Gasteiger charge is 2.34. The number of furan rings is 1. The van der Waals surface area contributed by atoms with Gasteiger partial charge >= 0.3 is 6.18 Å². The molecule has 2 aromatic heterocycles. The molecule has 1 aromatic carbocycles. The first kappa shape index (κ1) is 16.0. The Hall–Kier alpha value is -2.83. The lowest BCUT2D eigenvalue weighted by atomic mass is 10.2. The monoisotopic (exact) mass is 333 g/mol. The van der Waals surface area contributed by atoms with Gasteiger partial charge in [0.05, 0.1) is 6.26 Å². The Labute approximate surface area is 136 Å². The Morgan fingerprint density at radius 3 is 2.42 bits per heavy atom. The zero-order valence-corrected chi connectivity index (χ0v) is 12.8. The van der Waals surface area contributed by atoms with E-state index in [0.717, 1.165) is 11.6 Å². The molecule has 0 spiro atoms. The summed E-state index contributed by atoms with van der Waals surface area (Å²) >= 11 is 0. The highest BCUT2D eigenvalue weighted by Crippen LogP contribution is 2.31. The van der Waals surface area contributed by atoms with Crippen molar-refractivity contribution in [3.63, 3.8) is 0 Å². The highest BCUT2D eigenvalue weighted by atomic mass is 19.4. The van der Waals surface area contributed by atoms with Crippen LogP contribution in [-0.4, -0.2) is 17.0 Å². The van der Waals surface area contributed by atoms with Crippen molar-refractivity contribution >= 4 is 5.95 Å². The van der Waals surface area contributed by atoms with Crippen LogP contribution >= 0.6 is 0 Å². The van der Waals surface area contributed by atoms with Crippen LogP contribution in [0.5, 0.6) is 0 Å². The summed E-state index contributed by atoms with van der Waals surface area (Å²) in [5.74, 6) is 0.248. The van der Waals surface area contributed by atoms with Gasteiger partial charge < -0.3 is 9.32 Å². The van der Waals surface area contributed by atoms with E-state index < -0.39 is 11.9 Å². The number of anilines is 1. The van der Waals surface area contributed by atoms with Gasteiger partial charge in [-0.2, -0.15) is 13.2 Å². The molecule has 0 atom stereocenters. The van der Waals surface area contributed by atoms with E-state index in [1.165, 1.54) is 6.26 Å². The van der Waals surface area contributed by atoms with Crippen molar-refractivity contribution in [2.24, 2.45) is 0 Å². The van der Waals surface area contributed by atoms with Gasteiger partial charge in [0.2, 0.25) is 5.95 Å². The second-order valence-corrected chi connectivity index (χ2v) is 5.26. The molecule has 0 bridgehead atoms. The maximum Gasteiger partial charge on any atom is 0.433 e. The Morgan fingerprint density at radius 1 is 1.04 bits per heavy atom. The number of alkyl halides is 3. The quantitative estimate of drug-likeness (QED) is 0.710. The lowest BCUT2D eigenvalue weighted by molar-refractivity contribution is -0.141. The molecule has 0 N–H and O–H groups in total. The van der Waals surface area contributed by atoms with Crippen molar-refractivity contribution in [2.45, 2.75) is 12.7 Å². The molecule has 4 nitrogen and oxygen atoms in total. The first-order valence-electron chi connectivity index (χ1n) is 7.19. The second-order valence-electron chi connectivity index (χ2n) is 5.26. The van der Waals surface area contributed by atoms with Crippen molar-refractivity contribution < 1.29 is 17.6 Å². The molecule has 0 fully saturated rings. The van der Waals surface area contributed by atoms with Crippen LogP contribution in [0.15, 0.2) is 59.2 Å². The molecular weight excluding hydrogens is 319 g/mol. The number of rotatable bonds is 4. The molecule has 0 unspecified atom stereocenters. The van der Waals surface area contributed by atoms with Gasteiger partial charge in [-0.25, -0.2) is 9.97 Å². The van der Waals surface area contributed by atoms with Gasteiger partial charge in [0.1, 0.15) is 5.69 Å². The number of benzene rings is 1. The summed E-state index contributed by atoms with van der Waals surface area (Å²) in [6.45, 7) is 0.389. The van der Waals surface area contributed by atoms with E-state index in [-0.39, 0.29) is 17.4 Å². The maximum atomic E-state index is 13.1. The summed E-state index contributed by atoms with van der Waals surface area (Å²) in [4.78, 5) is 9.43. The average molecular weight is 333 g/mol.